The summed E-state index contributed by atoms with van der Waals surface area (Å²) < 4.78 is 0.831. The molecule has 0 spiro atoms. The Morgan fingerprint density at radius 3 is 2.50 bits per heavy atom. The molecule has 2 nitrogen and oxygen atoms in total. The van der Waals surface area contributed by atoms with Crippen molar-refractivity contribution >= 4 is 22.9 Å². The molecule has 1 aromatic heterocycles. The van der Waals surface area contributed by atoms with Crippen LogP contribution in [0.15, 0.2) is 12.1 Å². The van der Waals surface area contributed by atoms with Crippen molar-refractivity contribution < 1.29 is 0 Å². The van der Waals surface area contributed by atoms with Crippen LogP contribution in [0.2, 0.25) is 4.34 Å². The van der Waals surface area contributed by atoms with E-state index in [-0.39, 0.29) is 6.04 Å². The van der Waals surface area contributed by atoms with Crippen LogP contribution < -0.4 is 11.1 Å². The fraction of sp³-hybridized carbons (Fsp3) is 0.667. The molecule has 0 radical (unpaired) electrons. The molecule has 1 aromatic rings. The Morgan fingerprint density at radius 2 is 2.06 bits per heavy atom. The smallest absolute Gasteiger partial charge is 0.0931 e. The summed E-state index contributed by atoms with van der Waals surface area (Å²) >= 11 is 7.54. The van der Waals surface area contributed by atoms with E-state index in [9.17, 15) is 0 Å². The van der Waals surface area contributed by atoms with Gasteiger partial charge in [0.2, 0.25) is 0 Å². The minimum Gasteiger partial charge on any atom is -0.329 e. The van der Waals surface area contributed by atoms with Crippen molar-refractivity contribution in [1.82, 2.24) is 5.32 Å². The first-order valence-corrected chi connectivity index (χ1v) is 7.09. The molecular weight excluding hydrogens is 240 g/mol. The molecule has 0 aromatic carbocycles. The highest BCUT2D eigenvalue weighted by atomic mass is 35.5. The highest BCUT2D eigenvalue weighted by molar-refractivity contribution is 7.16. The second-order valence-electron chi connectivity index (χ2n) is 4.02. The van der Waals surface area contributed by atoms with Crippen LogP contribution in [0.3, 0.4) is 0 Å². The molecule has 92 valence electrons. The van der Waals surface area contributed by atoms with Crippen LogP contribution in [0.25, 0.3) is 0 Å². The van der Waals surface area contributed by atoms with Crippen LogP contribution in [0.1, 0.15) is 37.6 Å². The van der Waals surface area contributed by atoms with Gasteiger partial charge in [-0.15, -0.1) is 11.3 Å². The SMILES string of the molecule is CCC(CC)CNC(CN)c1ccc(Cl)s1. The summed E-state index contributed by atoms with van der Waals surface area (Å²) in [6, 6.07) is 4.24. The van der Waals surface area contributed by atoms with Gasteiger partial charge in [0.1, 0.15) is 0 Å². The summed E-state index contributed by atoms with van der Waals surface area (Å²) in [7, 11) is 0. The van der Waals surface area contributed by atoms with Crippen LogP contribution in [-0.2, 0) is 0 Å². The van der Waals surface area contributed by atoms with E-state index in [0.29, 0.717) is 6.54 Å². The van der Waals surface area contributed by atoms with Gasteiger partial charge in [-0.1, -0.05) is 38.3 Å². The number of thiophene rings is 1. The molecule has 0 bridgehead atoms. The van der Waals surface area contributed by atoms with E-state index < -0.39 is 0 Å². The van der Waals surface area contributed by atoms with Gasteiger partial charge in [0.15, 0.2) is 0 Å². The molecule has 0 saturated heterocycles. The summed E-state index contributed by atoms with van der Waals surface area (Å²) in [5.41, 5.74) is 5.78. The van der Waals surface area contributed by atoms with Gasteiger partial charge >= 0.3 is 0 Å². The molecule has 0 aliphatic carbocycles. The Kier molecular flexibility index (Phi) is 6.36. The normalized spacial score (nSPS) is 13.3. The lowest BCUT2D eigenvalue weighted by molar-refractivity contribution is 0.416. The molecule has 0 fully saturated rings. The predicted octanol–water partition coefficient (Wildman–Crippen LogP) is 3.43. The van der Waals surface area contributed by atoms with Crippen molar-refractivity contribution in [3.8, 4) is 0 Å². The molecular formula is C12H21ClN2S. The van der Waals surface area contributed by atoms with Crippen LogP contribution in [0.5, 0.6) is 0 Å². The lowest BCUT2D eigenvalue weighted by atomic mass is 10.0. The van der Waals surface area contributed by atoms with Gasteiger partial charge in [-0.05, 0) is 24.6 Å². The number of rotatable bonds is 7. The maximum absolute atomic E-state index is 5.93. The quantitative estimate of drug-likeness (QED) is 0.788. The lowest BCUT2D eigenvalue weighted by Gasteiger charge is -2.19. The van der Waals surface area contributed by atoms with E-state index in [2.05, 4.69) is 25.2 Å². The van der Waals surface area contributed by atoms with Gasteiger partial charge in [-0.25, -0.2) is 0 Å². The highest BCUT2D eigenvalue weighted by Crippen LogP contribution is 2.26. The van der Waals surface area contributed by atoms with Gasteiger partial charge in [0, 0.05) is 11.4 Å². The van der Waals surface area contributed by atoms with Crippen molar-refractivity contribution in [1.29, 1.82) is 0 Å². The topological polar surface area (TPSA) is 38.0 Å². The molecule has 16 heavy (non-hydrogen) atoms. The van der Waals surface area contributed by atoms with Crippen LogP contribution in [0.4, 0.5) is 0 Å². The number of hydrogen-bond donors (Lipinski definition) is 2. The summed E-state index contributed by atoms with van der Waals surface area (Å²) in [5.74, 6) is 0.740. The first kappa shape index (κ1) is 14.0. The Bertz CT molecular complexity index is 297. The zero-order chi connectivity index (χ0) is 12.0. The zero-order valence-corrected chi connectivity index (χ0v) is 11.6. The van der Waals surface area contributed by atoms with E-state index >= 15 is 0 Å². The number of hydrogen-bond acceptors (Lipinski definition) is 3. The Hall–Kier alpha value is -0.0900. The van der Waals surface area contributed by atoms with Gasteiger partial charge in [-0.3, -0.25) is 0 Å². The molecule has 1 unspecified atom stereocenters. The predicted molar refractivity (Wildman–Crippen MR) is 73.2 cm³/mol. The van der Waals surface area contributed by atoms with Crippen molar-refractivity contribution in [2.45, 2.75) is 32.7 Å². The molecule has 0 amide bonds. The Labute approximate surface area is 107 Å². The van der Waals surface area contributed by atoms with Crippen LogP contribution in [-0.4, -0.2) is 13.1 Å². The van der Waals surface area contributed by atoms with Gasteiger partial charge in [-0.2, -0.15) is 0 Å². The molecule has 0 aliphatic heterocycles. The fourth-order valence-electron chi connectivity index (χ4n) is 1.70. The number of nitrogens with one attached hydrogen (secondary N) is 1. The summed E-state index contributed by atoms with van der Waals surface area (Å²) in [6.45, 7) is 6.12. The van der Waals surface area contributed by atoms with E-state index in [0.717, 1.165) is 16.8 Å². The van der Waals surface area contributed by atoms with Crippen LogP contribution >= 0.6 is 22.9 Å². The third-order valence-electron chi connectivity index (χ3n) is 2.98. The fourth-order valence-corrected chi connectivity index (χ4v) is 2.85. The standard InChI is InChI=1S/C12H21ClN2S/c1-3-9(4-2)8-15-10(7-14)11-5-6-12(13)16-11/h5-6,9-10,15H,3-4,7-8,14H2,1-2H3. The monoisotopic (exact) mass is 260 g/mol. The van der Waals surface area contributed by atoms with Crippen LogP contribution in [0, 0.1) is 5.92 Å². The maximum Gasteiger partial charge on any atom is 0.0931 e. The Balaban J connectivity index is 2.49. The zero-order valence-electron chi connectivity index (χ0n) is 10.0. The highest BCUT2D eigenvalue weighted by Gasteiger charge is 2.13. The number of nitrogens with two attached hydrogens (primary N) is 1. The molecule has 4 heteroatoms. The Morgan fingerprint density at radius 1 is 1.38 bits per heavy atom. The summed E-state index contributed by atoms with van der Waals surface area (Å²) in [6.07, 6.45) is 2.43. The minimum absolute atomic E-state index is 0.248. The lowest BCUT2D eigenvalue weighted by Crippen LogP contribution is -2.31. The molecule has 1 atom stereocenters. The second kappa shape index (κ2) is 7.28. The first-order chi connectivity index (χ1) is 7.71. The van der Waals surface area contributed by atoms with Gasteiger partial charge in [0.25, 0.3) is 0 Å². The average Bonchev–Trinajstić information content (AvgIpc) is 2.71. The van der Waals surface area contributed by atoms with Crippen molar-refractivity contribution in [3.63, 3.8) is 0 Å². The summed E-state index contributed by atoms with van der Waals surface area (Å²) in [5, 5.41) is 3.53. The van der Waals surface area contributed by atoms with Gasteiger partial charge < -0.3 is 11.1 Å². The van der Waals surface area contributed by atoms with Gasteiger partial charge in [0.05, 0.1) is 10.4 Å². The second-order valence-corrected chi connectivity index (χ2v) is 5.77. The molecule has 1 rings (SSSR count). The maximum atomic E-state index is 5.93. The van der Waals surface area contributed by atoms with Crippen molar-refractivity contribution in [3.05, 3.63) is 21.3 Å². The average molecular weight is 261 g/mol. The summed E-state index contributed by atoms with van der Waals surface area (Å²) in [4.78, 5) is 1.23. The minimum atomic E-state index is 0.248. The molecule has 0 aliphatic rings. The van der Waals surface area contributed by atoms with Crippen molar-refractivity contribution in [2.24, 2.45) is 11.7 Å². The largest absolute Gasteiger partial charge is 0.329 e. The van der Waals surface area contributed by atoms with E-state index in [1.165, 1.54) is 17.7 Å². The molecule has 1 heterocycles. The van der Waals surface area contributed by atoms with E-state index in [1.54, 1.807) is 11.3 Å². The third kappa shape index (κ3) is 4.06. The van der Waals surface area contributed by atoms with E-state index in [1.807, 2.05) is 6.07 Å². The first-order valence-electron chi connectivity index (χ1n) is 5.89. The number of halogens is 1. The third-order valence-corrected chi connectivity index (χ3v) is 4.33. The van der Waals surface area contributed by atoms with Crippen molar-refractivity contribution in [2.75, 3.05) is 13.1 Å². The molecule has 0 saturated carbocycles. The van der Waals surface area contributed by atoms with E-state index in [4.69, 9.17) is 17.3 Å². The molecule has 3 N–H and O–H groups in total.